The molecule has 2 aromatic heterocycles. The lowest BCUT2D eigenvalue weighted by Gasteiger charge is -2.10. The van der Waals surface area contributed by atoms with Gasteiger partial charge in [-0.05, 0) is 35.0 Å². The number of rotatable bonds is 3. The number of hydrogen-bond acceptors (Lipinski definition) is 5. The van der Waals surface area contributed by atoms with E-state index in [1.165, 1.54) is 18.9 Å². The Morgan fingerprint density at radius 1 is 1.50 bits per heavy atom. The van der Waals surface area contributed by atoms with E-state index in [0.717, 1.165) is 20.4 Å². The molecule has 0 fully saturated rings. The lowest BCUT2D eigenvalue weighted by molar-refractivity contribution is -0.139. The highest BCUT2D eigenvalue weighted by atomic mass is 79.9. The molecule has 2 rings (SSSR count). The second-order valence-electron chi connectivity index (χ2n) is 3.61. The molecule has 2 heterocycles. The van der Waals surface area contributed by atoms with Crippen LogP contribution in [0, 0.1) is 0 Å². The summed E-state index contributed by atoms with van der Waals surface area (Å²) in [5.74, 6) is -0.248. The van der Waals surface area contributed by atoms with Gasteiger partial charge >= 0.3 is 5.97 Å². The van der Waals surface area contributed by atoms with Crippen molar-refractivity contribution in [3.8, 4) is 0 Å². The van der Waals surface area contributed by atoms with Crippen molar-refractivity contribution in [2.45, 2.75) is 17.1 Å². The number of aromatic nitrogens is 2. The van der Waals surface area contributed by atoms with Crippen LogP contribution in [-0.2, 0) is 9.53 Å². The number of fused-ring (bicyclic) bond motifs is 1. The fraction of sp³-hybridized carbons (Fsp3) is 0.250. The molecular formula is C12H11BrN2O2S. The summed E-state index contributed by atoms with van der Waals surface area (Å²) in [6, 6.07) is 3.75. The molecule has 0 radical (unpaired) electrons. The van der Waals surface area contributed by atoms with Crippen LogP contribution in [0.5, 0.6) is 0 Å². The quantitative estimate of drug-likeness (QED) is 0.641. The smallest absolute Gasteiger partial charge is 0.318 e. The van der Waals surface area contributed by atoms with Gasteiger partial charge in [0.05, 0.1) is 12.6 Å². The summed E-state index contributed by atoms with van der Waals surface area (Å²) in [5.41, 5.74) is 1.59. The van der Waals surface area contributed by atoms with Crippen LogP contribution in [0.2, 0.25) is 0 Å². The molecule has 4 nitrogen and oxygen atoms in total. The van der Waals surface area contributed by atoms with Crippen LogP contribution in [0.1, 0.15) is 6.92 Å². The number of methoxy groups -OCH3 is 1. The molecule has 94 valence electrons. The number of pyridine rings is 2. The Morgan fingerprint density at radius 2 is 2.28 bits per heavy atom. The van der Waals surface area contributed by atoms with Crippen LogP contribution in [-0.4, -0.2) is 28.3 Å². The van der Waals surface area contributed by atoms with Crippen LogP contribution in [0.3, 0.4) is 0 Å². The largest absolute Gasteiger partial charge is 0.468 e. The average Bonchev–Trinajstić information content (AvgIpc) is 2.37. The molecule has 1 atom stereocenters. The zero-order valence-electron chi connectivity index (χ0n) is 9.88. The fourth-order valence-corrected chi connectivity index (χ4v) is 2.78. The molecule has 0 aliphatic rings. The van der Waals surface area contributed by atoms with Gasteiger partial charge in [0.1, 0.15) is 10.8 Å². The highest BCUT2D eigenvalue weighted by molar-refractivity contribution is 9.10. The molecule has 0 aromatic carbocycles. The van der Waals surface area contributed by atoms with Crippen molar-refractivity contribution in [2.24, 2.45) is 0 Å². The number of halogens is 1. The predicted octanol–water partition coefficient (Wildman–Crippen LogP) is 3.05. The minimum Gasteiger partial charge on any atom is -0.468 e. The van der Waals surface area contributed by atoms with Crippen LogP contribution in [0.4, 0.5) is 0 Å². The maximum Gasteiger partial charge on any atom is 0.318 e. The zero-order valence-corrected chi connectivity index (χ0v) is 12.3. The van der Waals surface area contributed by atoms with E-state index in [9.17, 15) is 4.79 Å². The number of thioether (sulfide) groups is 1. The van der Waals surface area contributed by atoms with Crippen molar-refractivity contribution in [1.29, 1.82) is 0 Å². The molecule has 0 spiro atoms. The van der Waals surface area contributed by atoms with E-state index in [4.69, 9.17) is 4.74 Å². The molecule has 0 amide bonds. The Balaban J connectivity index is 2.36. The van der Waals surface area contributed by atoms with Gasteiger partial charge in [0.25, 0.3) is 0 Å². The third kappa shape index (κ3) is 2.81. The SMILES string of the molecule is COC(=O)C(C)Sc1ccnc2cc(Br)cnc12. The van der Waals surface area contributed by atoms with Crippen LogP contribution in [0.25, 0.3) is 11.0 Å². The van der Waals surface area contributed by atoms with Crippen LogP contribution >= 0.6 is 27.7 Å². The first-order valence-corrected chi connectivity index (χ1v) is 6.94. The van der Waals surface area contributed by atoms with E-state index in [0.29, 0.717) is 0 Å². The first-order chi connectivity index (χ1) is 8.61. The van der Waals surface area contributed by atoms with Crippen molar-refractivity contribution in [1.82, 2.24) is 9.97 Å². The molecule has 2 aromatic rings. The van der Waals surface area contributed by atoms with E-state index < -0.39 is 0 Å². The van der Waals surface area contributed by atoms with Crippen molar-refractivity contribution in [2.75, 3.05) is 7.11 Å². The summed E-state index contributed by atoms with van der Waals surface area (Å²) in [5, 5.41) is -0.272. The van der Waals surface area contributed by atoms with E-state index in [2.05, 4.69) is 25.9 Å². The Morgan fingerprint density at radius 3 is 3.00 bits per heavy atom. The van der Waals surface area contributed by atoms with Crippen molar-refractivity contribution in [3.63, 3.8) is 0 Å². The summed E-state index contributed by atoms with van der Waals surface area (Å²) in [6.07, 6.45) is 3.43. The first kappa shape index (κ1) is 13.3. The van der Waals surface area contributed by atoms with Gasteiger partial charge in [-0.3, -0.25) is 14.8 Å². The van der Waals surface area contributed by atoms with Crippen LogP contribution < -0.4 is 0 Å². The molecular weight excluding hydrogens is 316 g/mol. The average molecular weight is 327 g/mol. The van der Waals surface area contributed by atoms with Crippen LogP contribution in [0.15, 0.2) is 33.9 Å². The molecule has 0 aliphatic heterocycles. The van der Waals surface area contributed by atoms with E-state index in [1.807, 2.05) is 19.1 Å². The minimum atomic E-state index is -0.272. The normalized spacial score (nSPS) is 12.4. The first-order valence-electron chi connectivity index (χ1n) is 5.26. The highest BCUT2D eigenvalue weighted by Crippen LogP contribution is 2.29. The van der Waals surface area contributed by atoms with Gasteiger partial charge in [-0.1, -0.05) is 0 Å². The van der Waals surface area contributed by atoms with Gasteiger partial charge in [-0.15, -0.1) is 11.8 Å². The standard InChI is InChI=1S/C12H11BrN2O2S/c1-7(12(16)17-2)18-10-3-4-14-9-5-8(13)6-15-11(9)10/h3-7H,1-2H3. The summed E-state index contributed by atoms with van der Waals surface area (Å²) in [7, 11) is 1.39. The Bertz CT molecular complexity index is 591. The van der Waals surface area contributed by atoms with E-state index in [1.54, 1.807) is 12.4 Å². The van der Waals surface area contributed by atoms with E-state index in [-0.39, 0.29) is 11.2 Å². The Labute approximate surface area is 117 Å². The Hall–Kier alpha value is -1.14. The third-order valence-electron chi connectivity index (χ3n) is 2.34. The predicted molar refractivity (Wildman–Crippen MR) is 74.6 cm³/mol. The number of hydrogen-bond donors (Lipinski definition) is 0. The molecule has 0 saturated carbocycles. The second-order valence-corrected chi connectivity index (χ2v) is 5.91. The Kier molecular flexibility index (Phi) is 4.19. The number of esters is 1. The molecule has 0 N–H and O–H groups in total. The number of carbonyl (C=O) groups is 1. The number of nitrogens with zero attached hydrogens (tertiary/aromatic N) is 2. The monoisotopic (exact) mass is 326 g/mol. The van der Waals surface area contributed by atoms with E-state index >= 15 is 0 Å². The topological polar surface area (TPSA) is 52.1 Å². The lowest BCUT2D eigenvalue weighted by atomic mass is 10.3. The number of ether oxygens (including phenoxy) is 1. The minimum absolute atomic E-state index is 0.248. The van der Waals surface area contributed by atoms with Crippen molar-refractivity contribution in [3.05, 3.63) is 29.0 Å². The number of carbonyl (C=O) groups excluding carboxylic acids is 1. The molecule has 1 unspecified atom stereocenters. The van der Waals surface area contributed by atoms with Gasteiger partial charge in [0.15, 0.2) is 0 Å². The van der Waals surface area contributed by atoms with Gasteiger partial charge in [-0.25, -0.2) is 0 Å². The summed E-state index contributed by atoms with van der Waals surface area (Å²) in [6.45, 7) is 1.81. The fourth-order valence-electron chi connectivity index (χ4n) is 1.48. The van der Waals surface area contributed by atoms with Gasteiger partial charge in [-0.2, -0.15) is 0 Å². The highest BCUT2D eigenvalue weighted by Gasteiger charge is 2.16. The molecule has 0 aliphatic carbocycles. The lowest BCUT2D eigenvalue weighted by Crippen LogP contribution is -2.14. The van der Waals surface area contributed by atoms with Gasteiger partial charge in [0, 0.05) is 21.8 Å². The maximum atomic E-state index is 11.4. The van der Waals surface area contributed by atoms with Crippen molar-refractivity contribution < 1.29 is 9.53 Å². The third-order valence-corrected chi connectivity index (χ3v) is 3.91. The molecule has 18 heavy (non-hydrogen) atoms. The second kappa shape index (κ2) is 5.67. The molecule has 6 heteroatoms. The summed E-state index contributed by atoms with van der Waals surface area (Å²) < 4.78 is 5.59. The molecule has 0 bridgehead atoms. The summed E-state index contributed by atoms with van der Waals surface area (Å²) in [4.78, 5) is 20.9. The molecule has 0 saturated heterocycles. The summed E-state index contributed by atoms with van der Waals surface area (Å²) >= 11 is 4.78. The maximum absolute atomic E-state index is 11.4. The van der Waals surface area contributed by atoms with Crippen molar-refractivity contribution >= 4 is 44.7 Å². The van der Waals surface area contributed by atoms with Gasteiger partial charge in [0.2, 0.25) is 0 Å². The van der Waals surface area contributed by atoms with Gasteiger partial charge < -0.3 is 4.74 Å². The zero-order chi connectivity index (χ0) is 13.1.